The Morgan fingerprint density at radius 1 is 1.36 bits per heavy atom. The van der Waals surface area contributed by atoms with E-state index in [2.05, 4.69) is 15.3 Å². The highest BCUT2D eigenvalue weighted by Crippen LogP contribution is 2.32. The van der Waals surface area contributed by atoms with Crippen molar-refractivity contribution in [1.82, 2.24) is 15.3 Å². The number of carbonyl (C=O) groups is 1. The standard InChI is InChI=1S/C16H18ClN3O2/c1-9(2)22-13-6-5-10(17)8-11(13)15-19-12-4-3-7-18-16(21)14(12)20-15/h5-6,8-9H,3-4,7H2,1-2H3,(H,18,21)(H,19,20). The van der Waals surface area contributed by atoms with Crippen molar-refractivity contribution in [2.75, 3.05) is 6.54 Å². The van der Waals surface area contributed by atoms with Crippen LogP contribution in [0.4, 0.5) is 0 Å². The van der Waals surface area contributed by atoms with E-state index in [-0.39, 0.29) is 12.0 Å². The molecule has 6 heteroatoms. The lowest BCUT2D eigenvalue weighted by atomic mass is 10.2. The summed E-state index contributed by atoms with van der Waals surface area (Å²) < 4.78 is 5.82. The Kier molecular flexibility index (Phi) is 4.07. The van der Waals surface area contributed by atoms with E-state index in [4.69, 9.17) is 16.3 Å². The number of aromatic nitrogens is 2. The second-order valence-corrected chi connectivity index (χ2v) is 6.02. The van der Waals surface area contributed by atoms with Crippen LogP contribution in [0.1, 0.15) is 36.5 Å². The molecule has 1 aromatic carbocycles. The summed E-state index contributed by atoms with van der Waals surface area (Å²) in [5, 5.41) is 3.44. The van der Waals surface area contributed by atoms with Crippen LogP contribution in [0.25, 0.3) is 11.4 Å². The summed E-state index contributed by atoms with van der Waals surface area (Å²) in [6.45, 7) is 4.60. The molecule has 0 unspecified atom stereocenters. The second-order valence-electron chi connectivity index (χ2n) is 5.58. The average molecular weight is 320 g/mol. The third kappa shape index (κ3) is 2.95. The van der Waals surface area contributed by atoms with E-state index in [1.807, 2.05) is 19.9 Å². The molecule has 0 fully saturated rings. The van der Waals surface area contributed by atoms with Gasteiger partial charge in [0.2, 0.25) is 0 Å². The number of benzene rings is 1. The van der Waals surface area contributed by atoms with Crippen LogP contribution in [0.2, 0.25) is 5.02 Å². The summed E-state index contributed by atoms with van der Waals surface area (Å²) in [6, 6.07) is 5.41. The van der Waals surface area contributed by atoms with Gasteiger partial charge in [-0.2, -0.15) is 0 Å². The molecule has 1 aliphatic heterocycles. The number of H-pyrrole nitrogens is 1. The molecule has 0 atom stereocenters. The number of ether oxygens (including phenoxy) is 1. The van der Waals surface area contributed by atoms with Gasteiger partial charge >= 0.3 is 0 Å². The maximum absolute atomic E-state index is 12.0. The van der Waals surface area contributed by atoms with Crippen LogP contribution in [-0.4, -0.2) is 28.5 Å². The van der Waals surface area contributed by atoms with Gasteiger partial charge in [-0.25, -0.2) is 4.98 Å². The number of rotatable bonds is 3. The van der Waals surface area contributed by atoms with E-state index >= 15 is 0 Å². The highest BCUT2D eigenvalue weighted by molar-refractivity contribution is 6.30. The minimum absolute atomic E-state index is 0.0380. The fourth-order valence-corrected chi connectivity index (χ4v) is 2.67. The molecule has 0 saturated carbocycles. The SMILES string of the molecule is CC(C)Oc1ccc(Cl)cc1-c1nc2c([nH]1)CCCNC2=O. The molecule has 0 saturated heterocycles. The Morgan fingerprint density at radius 3 is 2.95 bits per heavy atom. The Morgan fingerprint density at radius 2 is 2.18 bits per heavy atom. The van der Waals surface area contributed by atoms with Gasteiger partial charge in [-0.1, -0.05) is 11.6 Å². The van der Waals surface area contributed by atoms with Crippen molar-refractivity contribution in [3.8, 4) is 17.1 Å². The van der Waals surface area contributed by atoms with Crippen molar-refractivity contribution in [2.45, 2.75) is 32.8 Å². The first kappa shape index (κ1) is 14.9. The molecular weight excluding hydrogens is 302 g/mol. The molecular formula is C16H18ClN3O2. The van der Waals surface area contributed by atoms with Gasteiger partial charge < -0.3 is 15.0 Å². The molecule has 0 aliphatic carbocycles. The third-order valence-corrected chi connectivity index (χ3v) is 3.68. The Bertz CT molecular complexity index is 709. The predicted molar refractivity (Wildman–Crippen MR) is 85.5 cm³/mol. The minimum atomic E-state index is -0.136. The molecule has 1 aliphatic rings. The molecule has 3 rings (SSSR count). The normalized spacial score (nSPS) is 14.5. The molecule has 0 bridgehead atoms. The summed E-state index contributed by atoms with van der Waals surface area (Å²) >= 11 is 6.11. The van der Waals surface area contributed by atoms with Crippen molar-refractivity contribution < 1.29 is 9.53 Å². The number of nitrogens with zero attached hydrogens (tertiary/aromatic N) is 1. The molecule has 0 radical (unpaired) electrons. The molecule has 2 heterocycles. The molecule has 5 nitrogen and oxygen atoms in total. The summed E-state index contributed by atoms with van der Waals surface area (Å²) in [4.78, 5) is 19.7. The van der Waals surface area contributed by atoms with E-state index in [0.29, 0.717) is 28.8 Å². The van der Waals surface area contributed by atoms with Crippen LogP contribution < -0.4 is 10.1 Å². The highest BCUT2D eigenvalue weighted by Gasteiger charge is 2.22. The number of halogens is 1. The molecule has 1 amide bonds. The van der Waals surface area contributed by atoms with E-state index < -0.39 is 0 Å². The largest absolute Gasteiger partial charge is 0.490 e. The first-order valence-electron chi connectivity index (χ1n) is 7.38. The fraction of sp³-hybridized carbons (Fsp3) is 0.375. The molecule has 2 N–H and O–H groups in total. The number of amides is 1. The summed E-state index contributed by atoms with van der Waals surface area (Å²) in [5.41, 5.74) is 2.09. The van der Waals surface area contributed by atoms with E-state index in [9.17, 15) is 4.79 Å². The number of aromatic amines is 1. The quantitative estimate of drug-likeness (QED) is 0.913. The molecule has 116 valence electrons. The van der Waals surface area contributed by atoms with Crippen molar-refractivity contribution in [1.29, 1.82) is 0 Å². The van der Waals surface area contributed by atoms with Gasteiger partial charge in [0, 0.05) is 17.3 Å². The number of carbonyl (C=O) groups excluding carboxylic acids is 1. The average Bonchev–Trinajstić information content (AvgIpc) is 2.81. The smallest absolute Gasteiger partial charge is 0.271 e. The zero-order valence-electron chi connectivity index (χ0n) is 12.6. The van der Waals surface area contributed by atoms with Gasteiger partial charge in [0.15, 0.2) is 0 Å². The van der Waals surface area contributed by atoms with Crippen molar-refractivity contribution in [3.63, 3.8) is 0 Å². The zero-order chi connectivity index (χ0) is 15.7. The van der Waals surface area contributed by atoms with Crippen LogP contribution in [-0.2, 0) is 6.42 Å². The minimum Gasteiger partial charge on any atom is -0.490 e. The fourth-order valence-electron chi connectivity index (χ4n) is 2.50. The van der Waals surface area contributed by atoms with Crippen molar-refractivity contribution >= 4 is 17.5 Å². The first-order chi connectivity index (χ1) is 10.5. The van der Waals surface area contributed by atoms with Gasteiger partial charge in [-0.05, 0) is 44.9 Å². The van der Waals surface area contributed by atoms with E-state index in [0.717, 1.165) is 24.1 Å². The van der Waals surface area contributed by atoms with Gasteiger partial charge in [0.05, 0.1) is 11.7 Å². The van der Waals surface area contributed by atoms with Gasteiger partial charge in [0.25, 0.3) is 5.91 Å². The summed E-state index contributed by atoms with van der Waals surface area (Å²) in [5.74, 6) is 1.17. The first-order valence-corrected chi connectivity index (χ1v) is 7.76. The van der Waals surface area contributed by atoms with Gasteiger partial charge in [-0.15, -0.1) is 0 Å². The van der Waals surface area contributed by atoms with E-state index in [1.54, 1.807) is 12.1 Å². The van der Waals surface area contributed by atoms with Crippen LogP contribution in [0.15, 0.2) is 18.2 Å². The summed E-state index contributed by atoms with van der Waals surface area (Å²) in [7, 11) is 0. The molecule has 0 spiro atoms. The van der Waals surface area contributed by atoms with Crippen molar-refractivity contribution in [3.05, 3.63) is 34.6 Å². The number of imidazole rings is 1. The maximum atomic E-state index is 12.0. The van der Waals surface area contributed by atoms with Crippen LogP contribution in [0.3, 0.4) is 0 Å². The third-order valence-electron chi connectivity index (χ3n) is 3.44. The van der Waals surface area contributed by atoms with Crippen LogP contribution in [0, 0.1) is 0 Å². The second kappa shape index (κ2) is 6.01. The van der Waals surface area contributed by atoms with E-state index in [1.165, 1.54) is 0 Å². The highest BCUT2D eigenvalue weighted by atomic mass is 35.5. The Hall–Kier alpha value is -2.01. The number of hydrogen-bond donors (Lipinski definition) is 2. The van der Waals surface area contributed by atoms with Gasteiger partial charge in [0.1, 0.15) is 17.3 Å². The zero-order valence-corrected chi connectivity index (χ0v) is 13.3. The lowest BCUT2D eigenvalue weighted by Gasteiger charge is -2.13. The van der Waals surface area contributed by atoms with Crippen LogP contribution >= 0.6 is 11.6 Å². The lowest BCUT2D eigenvalue weighted by molar-refractivity contribution is 0.0951. The van der Waals surface area contributed by atoms with Crippen LogP contribution in [0.5, 0.6) is 5.75 Å². The Balaban J connectivity index is 2.06. The number of nitrogens with one attached hydrogen (secondary N) is 2. The molecule has 2 aromatic rings. The number of fused-ring (bicyclic) bond motifs is 1. The van der Waals surface area contributed by atoms with Gasteiger partial charge in [-0.3, -0.25) is 4.79 Å². The monoisotopic (exact) mass is 319 g/mol. The lowest BCUT2D eigenvalue weighted by Crippen LogP contribution is -2.23. The summed E-state index contributed by atoms with van der Waals surface area (Å²) in [6.07, 6.45) is 1.73. The predicted octanol–water partition coefficient (Wildman–Crippen LogP) is 3.19. The molecule has 22 heavy (non-hydrogen) atoms. The maximum Gasteiger partial charge on any atom is 0.271 e. The topological polar surface area (TPSA) is 67.0 Å². The molecule has 1 aromatic heterocycles. The number of hydrogen-bond acceptors (Lipinski definition) is 3. The Labute approximate surface area is 134 Å². The number of aryl methyl sites for hydroxylation is 1. The van der Waals surface area contributed by atoms with Crippen molar-refractivity contribution in [2.24, 2.45) is 0 Å².